The van der Waals surface area contributed by atoms with E-state index >= 15 is 0 Å². The highest BCUT2D eigenvalue weighted by molar-refractivity contribution is 5.83. The number of carbonyl (C=O) groups is 1. The van der Waals surface area contributed by atoms with Gasteiger partial charge in [-0.3, -0.25) is 9.48 Å². The van der Waals surface area contributed by atoms with Crippen LogP contribution in [-0.2, 0) is 17.8 Å². The van der Waals surface area contributed by atoms with Gasteiger partial charge in [-0.2, -0.15) is 5.10 Å². The third-order valence-corrected chi connectivity index (χ3v) is 3.14. The summed E-state index contributed by atoms with van der Waals surface area (Å²) in [6, 6.07) is 1.99. The Morgan fingerprint density at radius 1 is 1.50 bits per heavy atom. The van der Waals surface area contributed by atoms with Crippen LogP contribution in [0.5, 0.6) is 0 Å². The zero-order chi connectivity index (χ0) is 13.7. The Hall–Kier alpha value is -1.16. The topological polar surface area (TPSA) is 60.9 Å². The summed E-state index contributed by atoms with van der Waals surface area (Å²) < 4.78 is 1.90. The molecule has 0 aliphatic rings. The Kier molecular flexibility index (Phi) is 5.54. The molecule has 0 saturated carbocycles. The Labute approximate surface area is 110 Å². The molecule has 4 heteroatoms. The minimum atomic E-state index is -0.0227. The van der Waals surface area contributed by atoms with E-state index < -0.39 is 0 Å². The van der Waals surface area contributed by atoms with E-state index in [0.717, 1.165) is 24.4 Å². The summed E-state index contributed by atoms with van der Waals surface area (Å²) in [4.78, 5) is 12.2. The zero-order valence-electron chi connectivity index (χ0n) is 11.9. The first-order chi connectivity index (χ1) is 8.47. The first-order valence-electron chi connectivity index (χ1n) is 6.74. The third kappa shape index (κ3) is 3.95. The Morgan fingerprint density at radius 2 is 2.17 bits per heavy atom. The molecule has 102 valence electrons. The molecule has 1 unspecified atom stereocenters. The van der Waals surface area contributed by atoms with E-state index in [2.05, 4.69) is 18.9 Å². The fourth-order valence-electron chi connectivity index (χ4n) is 2.27. The van der Waals surface area contributed by atoms with Crippen LogP contribution in [0.2, 0.25) is 0 Å². The van der Waals surface area contributed by atoms with E-state index in [4.69, 9.17) is 5.73 Å². The number of carbonyl (C=O) groups excluding carboxylic acids is 1. The minimum Gasteiger partial charge on any atom is -0.330 e. The van der Waals surface area contributed by atoms with Gasteiger partial charge in [-0.15, -0.1) is 0 Å². The summed E-state index contributed by atoms with van der Waals surface area (Å²) in [7, 11) is 0. The molecule has 2 N–H and O–H groups in total. The minimum absolute atomic E-state index is 0.0227. The molecule has 1 rings (SSSR count). The number of rotatable bonds is 7. The van der Waals surface area contributed by atoms with Crippen molar-refractivity contribution in [2.45, 2.75) is 47.1 Å². The van der Waals surface area contributed by atoms with Crippen molar-refractivity contribution in [3.63, 3.8) is 0 Å². The predicted molar refractivity (Wildman–Crippen MR) is 73.3 cm³/mol. The van der Waals surface area contributed by atoms with Crippen LogP contribution >= 0.6 is 0 Å². The first-order valence-corrected chi connectivity index (χ1v) is 6.74. The van der Waals surface area contributed by atoms with Gasteiger partial charge in [0.1, 0.15) is 5.78 Å². The van der Waals surface area contributed by atoms with Gasteiger partial charge in [-0.1, -0.05) is 13.8 Å². The monoisotopic (exact) mass is 251 g/mol. The molecular formula is C14H25N3O. The fourth-order valence-corrected chi connectivity index (χ4v) is 2.27. The van der Waals surface area contributed by atoms with Crippen LogP contribution in [0.4, 0.5) is 0 Å². The van der Waals surface area contributed by atoms with Crippen molar-refractivity contribution < 1.29 is 4.79 Å². The van der Waals surface area contributed by atoms with Crippen molar-refractivity contribution >= 4 is 5.78 Å². The third-order valence-electron chi connectivity index (χ3n) is 3.14. The van der Waals surface area contributed by atoms with E-state index in [9.17, 15) is 4.79 Å². The maximum atomic E-state index is 12.2. The van der Waals surface area contributed by atoms with E-state index in [1.165, 1.54) is 0 Å². The van der Waals surface area contributed by atoms with Crippen LogP contribution in [-0.4, -0.2) is 22.1 Å². The molecule has 0 amide bonds. The lowest BCUT2D eigenvalue weighted by atomic mass is 9.91. The average Bonchev–Trinajstić information content (AvgIpc) is 2.65. The van der Waals surface area contributed by atoms with Crippen molar-refractivity contribution in [2.75, 3.05) is 6.54 Å². The van der Waals surface area contributed by atoms with Crippen LogP contribution in [0.3, 0.4) is 0 Å². The van der Waals surface area contributed by atoms with Gasteiger partial charge in [0.25, 0.3) is 0 Å². The van der Waals surface area contributed by atoms with Crippen LogP contribution in [0.25, 0.3) is 0 Å². The predicted octanol–water partition coefficient (Wildman–Crippen LogP) is 1.94. The second kappa shape index (κ2) is 6.69. The summed E-state index contributed by atoms with van der Waals surface area (Å²) in [6.45, 7) is 9.47. The summed E-state index contributed by atoms with van der Waals surface area (Å²) >= 11 is 0. The van der Waals surface area contributed by atoms with E-state index in [1.807, 2.05) is 24.6 Å². The summed E-state index contributed by atoms with van der Waals surface area (Å²) in [5.41, 5.74) is 7.68. The van der Waals surface area contributed by atoms with Crippen molar-refractivity contribution in [3.05, 3.63) is 17.5 Å². The molecule has 18 heavy (non-hydrogen) atoms. The number of hydrogen-bond acceptors (Lipinski definition) is 3. The van der Waals surface area contributed by atoms with Gasteiger partial charge in [-0.25, -0.2) is 0 Å². The van der Waals surface area contributed by atoms with Gasteiger partial charge in [0.05, 0.1) is 5.69 Å². The number of hydrogen-bond donors (Lipinski definition) is 1. The summed E-state index contributed by atoms with van der Waals surface area (Å²) in [6.07, 6.45) is 1.32. The number of nitrogens with two attached hydrogens (primary N) is 1. The smallest absolute Gasteiger partial charge is 0.143 e. The van der Waals surface area contributed by atoms with Crippen LogP contribution in [0, 0.1) is 18.8 Å². The van der Waals surface area contributed by atoms with Gasteiger partial charge in [0.2, 0.25) is 0 Å². The molecular weight excluding hydrogens is 226 g/mol. The fraction of sp³-hybridized carbons (Fsp3) is 0.714. The Balaban J connectivity index is 2.73. The number of Topliss-reactive ketones (excluding diaryl/α,β-unsaturated/α-hetero) is 1. The summed E-state index contributed by atoms with van der Waals surface area (Å²) in [5.74, 6) is 0.714. The average molecular weight is 251 g/mol. The number of aryl methyl sites for hydroxylation is 2. The van der Waals surface area contributed by atoms with Gasteiger partial charge in [0.15, 0.2) is 0 Å². The highest BCUT2D eigenvalue weighted by Crippen LogP contribution is 2.15. The van der Waals surface area contributed by atoms with Crippen molar-refractivity contribution in [1.29, 1.82) is 0 Å². The largest absolute Gasteiger partial charge is 0.330 e. The van der Waals surface area contributed by atoms with Gasteiger partial charge in [-0.05, 0) is 32.3 Å². The number of aromatic nitrogens is 2. The van der Waals surface area contributed by atoms with Crippen LogP contribution in [0.15, 0.2) is 6.07 Å². The normalized spacial score (nSPS) is 13.0. The Morgan fingerprint density at radius 3 is 2.67 bits per heavy atom. The molecule has 0 fully saturated rings. The maximum absolute atomic E-state index is 12.2. The molecule has 0 aliphatic heterocycles. The molecule has 0 bridgehead atoms. The molecule has 1 atom stereocenters. The number of nitrogens with zero attached hydrogens (tertiary/aromatic N) is 2. The molecule has 0 aromatic carbocycles. The van der Waals surface area contributed by atoms with Gasteiger partial charge < -0.3 is 5.73 Å². The van der Waals surface area contributed by atoms with Crippen LogP contribution < -0.4 is 5.73 Å². The zero-order valence-corrected chi connectivity index (χ0v) is 11.9. The molecule has 1 heterocycles. The lowest BCUT2D eigenvalue weighted by molar-refractivity contribution is -0.122. The lowest BCUT2D eigenvalue weighted by Gasteiger charge is -2.16. The highest BCUT2D eigenvalue weighted by atomic mass is 16.1. The van der Waals surface area contributed by atoms with Crippen LogP contribution in [0.1, 0.15) is 38.6 Å². The second-order valence-electron chi connectivity index (χ2n) is 5.30. The standard InChI is InChI=1S/C14H25N3O/c1-5-17-13(7-11(4)16-17)8-14(18)12(9-15)6-10(2)3/h7,10,12H,5-6,8-9,15H2,1-4H3. The van der Waals surface area contributed by atoms with Crippen molar-refractivity contribution in [3.8, 4) is 0 Å². The second-order valence-corrected chi connectivity index (χ2v) is 5.30. The molecule has 0 aliphatic carbocycles. The molecule has 1 aromatic rings. The maximum Gasteiger partial charge on any atom is 0.143 e. The van der Waals surface area contributed by atoms with Gasteiger partial charge >= 0.3 is 0 Å². The Bertz CT molecular complexity index is 396. The highest BCUT2D eigenvalue weighted by Gasteiger charge is 2.20. The SMILES string of the molecule is CCn1nc(C)cc1CC(=O)C(CN)CC(C)C. The molecule has 0 saturated heterocycles. The number of ketones is 1. The van der Waals surface area contributed by atoms with E-state index in [0.29, 0.717) is 18.9 Å². The molecule has 1 aromatic heterocycles. The summed E-state index contributed by atoms with van der Waals surface area (Å²) in [5, 5.41) is 4.36. The van der Waals surface area contributed by atoms with Gasteiger partial charge in [0, 0.05) is 31.1 Å². The van der Waals surface area contributed by atoms with Crippen molar-refractivity contribution in [2.24, 2.45) is 17.6 Å². The molecule has 0 radical (unpaired) electrons. The van der Waals surface area contributed by atoms with E-state index in [-0.39, 0.29) is 11.7 Å². The first kappa shape index (κ1) is 14.9. The molecule has 4 nitrogen and oxygen atoms in total. The quantitative estimate of drug-likeness (QED) is 0.805. The van der Waals surface area contributed by atoms with Crippen molar-refractivity contribution in [1.82, 2.24) is 9.78 Å². The molecule has 0 spiro atoms. The lowest BCUT2D eigenvalue weighted by Crippen LogP contribution is -2.27. The van der Waals surface area contributed by atoms with E-state index in [1.54, 1.807) is 0 Å².